The molecule has 2 fully saturated rings. The summed E-state index contributed by atoms with van der Waals surface area (Å²) in [4.78, 5) is 12.5. The summed E-state index contributed by atoms with van der Waals surface area (Å²) >= 11 is 0. The predicted molar refractivity (Wildman–Crippen MR) is 115 cm³/mol. The second-order valence-electron chi connectivity index (χ2n) is 9.13. The Kier molecular flexibility index (Phi) is 7.56. The highest BCUT2D eigenvalue weighted by Gasteiger charge is 2.47. The van der Waals surface area contributed by atoms with Crippen LogP contribution in [-0.2, 0) is 21.0 Å². The highest BCUT2D eigenvalue weighted by molar-refractivity contribution is 7.89. The number of nitrogens with one attached hydrogen (secondary N) is 2. The normalized spacial score (nSPS) is 25.2. The van der Waals surface area contributed by atoms with Gasteiger partial charge in [0.15, 0.2) is 0 Å². The molecule has 32 heavy (non-hydrogen) atoms. The fourth-order valence-corrected chi connectivity index (χ4v) is 6.43. The number of amides is 1. The van der Waals surface area contributed by atoms with Gasteiger partial charge >= 0.3 is 6.18 Å². The first kappa shape index (κ1) is 25.0. The van der Waals surface area contributed by atoms with Crippen LogP contribution >= 0.6 is 0 Å². The van der Waals surface area contributed by atoms with Crippen molar-refractivity contribution >= 4 is 15.9 Å². The summed E-state index contributed by atoms with van der Waals surface area (Å²) in [5, 5.41) is 6.39. The summed E-state index contributed by atoms with van der Waals surface area (Å²) in [7, 11) is -4.05. The number of carbonyl (C=O) groups excluding carboxylic acids is 1. The van der Waals surface area contributed by atoms with Gasteiger partial charge in [-0.25, -0.2) is 8.42 Å². The van der Waals surface area contributed by atoms with Crippen molar-refractivity contribution in [2.45, 2.75) is 75.7 Å². The van der Waals surface area contributed by atoms with Gasteiger partial charge in [0.1, 0.15) is 0 Å². The van der Waals surface area contributed by atoms with Gasteiger partial charge in [-0.2, -0.15) is 17.5 Å². The van der Waals surface area contributed by atoms with Crippen molar-refractivity contribution in [3.05, 3.63) is 29.8 Å². The van der Waals surface area contributed by atoms with Crippen LogP contribution < -0.4 is 10.6 Å². The number of rotatable bonds is 8. The Hall–Kier alpha value is -1.65. The maximum atomic E-state index is 13.0. The van der Waals surface area contributed by atoms with Crippen molar-refractivity contribution in [3.63, 3.8) is 0 Å². The molecule has 0 radical (unpaired) electrons. The van der Waals surface area contributed by atoms with E-state index in [1.165, 1.54) is 10.4 Å². The molecule has 2 aliphatic rings. The number of fused-ring (bicyclic) bond motifs is 1. The Bertz CT molecular complexity index is 920. The number of alkyl halides is 3. The molecule has 180 valence electrons. The van der Waals surface area contributed by atoms with E-state index < -0.39 is 21.8 Å². The SMILES string of the molecule is CCC[C@H](NC(C)C)C(=O)N[C@@H]1CC[C@H]2CN(S(=O)(=O)c3cccc(C(F)(F)F)c3)C[C@H]21. The standard InChI is InChI=1S/C22H32F3N3O3S/c1-4-6-20(26-14(2)3)21(29)27-19-10-9-15-12-28(13-18(15)19)32(30,31)17-8-5-7-16(11-17)22(23,24)25/h5,7-8,11,14-15,18-20,26H,4,6,9-10,12-13H2,1-3H3,(H,27,29)/t15-,18+,19+,20-/m0/s1. The Morgan fingerprint density at radius 2 is 1.94 bits per heavy atom. The smallest absolute Gasteiger partial charge is 0.352 e. The van der Waals surface area contributed by atoms with Gasteiger partial charge in [0.2, 0.25) is 15.9 Å². The number of halogens is 3. The molecule has 3 rings (SSSR count). The van der Waals surface area contributed by atoms with Crippen molar-refractivity contribution in [3.8, 4) is 0 Å². The summed E-state index contributed by atoms with van der Waals surface area (Å²) < 4.78 is 66.5. The summed E-state index contributed by atoms with van der Waals surface area (Å²) in [5.74, 6) is -0.0326. The minimum atomic E-state index is -4.61. The number of sulfonamides is 1. The summed E-state index contributed by atoms with van der Waals surface area (Å²) in [5.41, 5.74) is -0.984. The lowest BCUT2D eigenvalue weighted by Gasteiger charge is -2.26. The van der Waals surface area contributed by atoms with Crippen molar-refractivity contribution in [2.75, 3.05) is 13.1 Å². The molecule has 1 heterocycles. The molecule has 1 saturated carbocycles. The lowest BCUT2D eigenvalue weighted by atomic mass is 9.97. The third-order valence-electron chi connectivity index (χ3n) is 6.38. The molecule has 1 aromatic rings. The Balaban J connectivity index is 1.70. The predicted octanol–water partition coefficient (Wildman–Crippen LogP) is 3.39. The van der Waals surface area contributed by atoms with Gasteiger partial charge in [-0.3, -0.25) is 4.79 Å². The number of benzene rings is 1. The van der Waals surface area contributed by atoms with Crippen LogP contribution in [0, 0.1) is 11.8 Å². The van der Waals surface area contributed by atoms with E-state index in [1.54, 1.807) is 0 Å². The van der Waals surface area contributed by atoms with Crippen LogP contribution in [-0.4, -0.2) is 49.8 Å². The molecule has 10 heteroatoms. The number of hydrogen-bond donors (Lipinski definition) is 2. The van der Waals surface area contributed by atoms with Gasteiger partial charge in [0.25, 0.3) is 0 Å². The van der Waals surface area contributed by atoms with E-state index in [0.29, 0.717) is 12.5 Å². The number of carbonyl (C=O) groups is 1. The molecular formula is C22H32F3N3O3S. The summed E-state index contributed by atoms with van der Waals surface area (Å²) in [6, 6.07) is 3.59. The molecular weight excluding hydrogens is 443 g/mol. The number of hydrogen-bond acceptors (Lipinski definition) is 4. The van der Waals surface area contributed by atoms with Crippen LogP contribution in [0.15, 0.2) is 29.2 Å². The van der Waals surface area contributed by atoms with Crippen molar-refractivity contribution in [1.29, 1.82) is 0 Å². The van der Waals surface area contributed by atoms with Gasteiger partial charge in [-0.05, 0) is 49.3 Å². The van der Waals surface area contributed by atoms with E-state index in [0.717, 1.165) is 31.4 Å². The first-order chi connectivity index (χ1) is 14.9. The lowest BCUT2D eigenvalue weighted by Crippen LogP contribution is -2.51. The van der Waals surface area contributed by atoms with E-state index in [4.69, 9.17) is 0 Å². The molecule has 0 unspecified atom stereocenters. The largest absolute Gasteiger partial charge is 0.416 e. The van der Waals surface area contributed by atoms with Gasteiger partial charge in [-0.15, -0.1) is 0 Å². The van der Waals surface area contributed by atoms with Crippen LogP contribution in [0.3, 0.4) is 0 Å². The molecule has 6 nitrogen and oxygen atoms in total. The highest BCUT2D eigenvalue weighted by atomic mass is 32.2. The van der Waals surface area contributed by atoms with Crippen molar-refractivity contribution in [2.24, 2.45) is 11.8 Å². The van der Waals surface area contributed by atoms with E-state index >= 15 is 0 Å². The zero-order valence-electron chi connectivity index (χ0n) is 18.7. The van der Waals surface area contributed by atoms with Gasteiger partial charge in [0, 0.05) is 25.2 Å². The van der Waals surface area contributed by atoms with Gasteiger partial charge < -0.3 is 10.6 Å². The lowest BCUT2D eigenvalue weighted by molar-refractivity contribution is -0.137. The van der Waals surface area contributed by atoms with Crippen LogP contribution in [0.4, 0.5) is 13.2 Å². The number of nitrogens with zero attached hydrogens (tertiary/aromatic N) is 1. The highest BCUT2D eigenvalue weighted by Crippen LogP contribution is 2.40. The van der Waals surface area contributed by atoms with E-state index in [-0.39, 0.29) is 53.9 Å². The summed E-state index contributed by atoms with van der Waals surface area (Å²) in [6.45, 7) is 6.44. The van der Waals surface area contributed by atoms with Crippen LogP contribution in [0.1, 0.15) is 52.0 Å². The molecule has 0 spiro atoms. The molecule has 4 atom stereocenters. The van der Waals surface area contributed by atoms with Gasteiger partial charge in [-0.1, -0.05) is 33.3 Å². The monoisotopic (exact) mass is 475 g/mol. The van der Waals surface area contributed by atoms with E-state index in [2.05, 4.69) is 10.6 Å². The zero-order chi connectivity index (χ0) is 23.7. The molecule has 1 saturated heterocycles. The average Bonchev–Trinajstić information content (AvgIpc) is 3.29. The molecule has 1 aliphatic heterocycles. The maximum Gasteiger partial charge on any atom is 0.416 e. The molecule has 0 aromatic heterocycles. The third kappa shape index (κ3) is 5.46. The minimum absolute atomic E-state index is 0.0409. The molecule has 0 bridgehead atoms. The fraction of sp³-hybridized carbons (Fsp3) is 0.682. The molecule has 2 N–H and O–H groups in total. The molecule has 1 aliphatic carbocycles. The van der Waals surface area contributed by atoms with Crippen LogP contribution in [0.5, 0.6) is 0 Å². The van der Waals surface area contributed by atoms with Gasteiger partial charge in [0.05, 0.1) is 16.5 Å². The fourth-order valence-electron chi connectivity index (χ4n) is 4.85. The minimum Gasteiger partial charge on any atom is -0.352 e. The zero-order valence-corrected chi connectivity index (χ0v) is 19.5. The second-order valence-corrected chi connectivity index (χ2v) is 11.1. The Labute approximate surface area is 188 Å². The van der Waals surface area contributed by atoms with Crippen molar-refractivity contribution in [1.82, 2.24) is 14.9 Å². The molecule has 1 aromatic carbocycles. The first-order valence-corrected chi connectivity index (χ1v) is 12.6. The maximum absolute atomic E-state index is 13.0. The second kappa shape index (κ2) is 9.69. The average molecular weight is 476 g/mol. The molecule has 1 amide bonds. The Morgan fingerprint density at radius 3 is 2.56 bits per heavy atom. The first-order valence-electron chi connectivity index (χ1n) is 11.2. The van der Waals surface area contributed by atoms with Crippen molar-refractivity contribution < 1.29 is 26.4 Å². The van der Waals surface area contributed by atoms with E-state index in [1.807, 2.05) is 20.8 Å². The Morgan fingerprint density at radius 1 is 1.22 bits per heavy atom. The third-order valence-corrected chi connectivity index (χ3v) is 8.21. The quantitative estimate of drug-likeness (QED) is 0.604. The summed E-state index contributed by atoms with van der Waals surface area (Å²) in [6.07, 6.45) is -1.49. The van der Waals surface area contributed by atoms with E-state index in [9.17, 15) is 26.4 Å². The topological polar surface area (TPSA) is 78.5 Å². The van der Waals surface area contributed by atoms with Crippen LogP contribution in [0.2, 0.25) is 0 Å². The van der Waals surface area contributed by atoms with Crippen LogP contribution in [0.25, 0.3) is 0 Å².